The van der Waals surface area contributed by atoms with Crippen LogP contribution in [-0.2, 0) is 21.3 Å². The molecular weight excluding hydrogens is 278 g/mol. The van der Waals surface area contributed by atoms with Gasteiger partial charge in [-0.25, -0.2) is 8.42 Å². The lowest BCUT2D eigenvalue weighted by Crippen LogP contribution is -2.37. The molecule has 7 heteroatoms. The number of ether oxygens (including phenoxy) is 1. The van der Waals surface area contributed by atoms with Gasteiger partial charge >= 0.3 is 0 Å². The number of H-pyrrole nitrogens is 1. The average molecular weight is 303 g/mol. The Balaban J connectivity index is 2.82. The molecule has 0 amide bonds. The van der Waals surface area contributed by atoms with E-state index in [0.29, 0.717) is 19.2 Å². The van der Waals surface area contributed by atoms with E-state index in [1.165, 1.54) is 10.5 Å². The van der Waals surface area contributed by atoms with Crippen LogP contribution in [0.4, 0.5) is 0 Å². The van der Waals surface area contributed by atoms with Gasteiger partial charge in [-0.3, -0.25) is 0 Å². The van der Waals surface area contributed by atoms with Crippen LogP contribution in [0.3, 0.4) is 0 Å². The Hall–Kier alpha value is -0.890. The lowest BCUT2D eigenvalue weighted by Gasteiger charge is -2.22. The fourth-order valence-electron chi connectivity index (χ4n) is 1.73. The third kappa shape index (κ3) is 4.31. The maximum atomic E-state index is 12.4. The molecule has 20 heavy (non-hydrogen) atoms. The summed E-state index contributed by atoms with van der Waals surface area (Å²) in [4.78, 5) is 3.27. The molecule has 0 aliphatic carbocycles. The molecule has 1 rings (SSSR count). The summed E-state index contributed by atoms with van der Waals surface area (Å²) < 4.78 is 31.2. The van der Waals surface area contributed by atoms with Crippen molar-refractivity contribution >= 4 is 10.0 Å². The standard InChI is InChI=1S/C13H25N3O3S/c1-10(2)14-7-12-6-13(8-15-12)20(17,18)16(4)11(3)9-19-5/h6,8,10-11,14-15H,7,9H2,1-5H3. The molecule has 0 saturated heterocycles. The molecule has 0 aromatic carbocycles. The van der Waals surface area contributed by atoms with Crippen molar-refractivity contribution in [2.24, 2.45) is 0 Å². The molecule has 0 radical (unpaired) electrons. The molecule has 0 fully saturated rings. The molecule has 0 saturated carbocycles. The number of methoxy groups -OCH3 is 1. The van der Waals surface area contributed by atoms with Crippen molar-refractivity contribution in [2.75, 3.05) is 20.8 Å². The first-order valence-corrected chi connectivity index (χ1v) is 8.10. The highest BCUT2D eigenvalue weighted by Crippen LogP contribution is 2.17. The normalized spacial score (nSPS) is 14.2. The van der Waals surface area contributed by atoms with E-state index in [0.717, 1.165) is 5.69 Å². The van der Waals surface area contributed by atoms with Crippen molar-refractivity contribution in [3.63, 3.8) is 0 Å². The number of aromatic amines is 1. The first kappa shape index (κ1) is 17.2. The van der Waals surface area contributed by atoms with Crippen molar-refractivity contribution in [3.05, 3.63) is 18.0 Å². The van der Waals surface area contributed by atoms with Crippen LogP contribution in [0.2, 0.25) is 0 Å². The van der Waals surface area contributed by atoms with Crippen LogP contribution in [0.25, 0.3) is 0 Å². The van der Waals surface area contributed by atoms with Crippen molar-refractivity contribution in [1.82, 2.24) is 14.6 Å². The Bertz CT molecular complexity index is 511. The number of rotatable bonds is 8. The Kier molecular flexibility index (Phi) is 6.19. The summed E-state index contributed by atoms with van der Waals surface area (Å²) in [6, 6.07) is 1.81. The Labute approximate surface area is 121 Å². The second kappa shape index (κ2) is 7.21. The zero-order valence-electron chi connectivity index (χ0n) is 12.8. The molecule has 0 bridgehead atoms. The molecule has 1 heterocycles. The second-order valence-corrected chi connectivity index (χ2v) is 7.22. The molecule has 6 nitrogen and oxygen atoms in total. The van der Waals surface area contributed by atoms with Gasteiger partial charge in [-0.05, 0) is 13.0 Å². The highest BCUT2D eigenvalue weighted by Gasteiger charge is 2.26. The first-order valence-electron chi connectivity index (χ1n) is 6.66. The van der Waals surface area contributed by atoms with Gasteiger partial charge in [-0.2, -0.15) is 4.31 Å². The minimum atomic E-state index is -3.48. The minimum Gasteiger partial charge on any atom is -0.383 e. The maximum Gasteiger partial charge on any atom is 0.244 e. The van der Waals surface area contributed by atoms with E-state index in [-0.39, 0.29) is 10.9 Å². The number of hydrogen-bond donors (Lipinski definition) is 2. The molecule has 116 valence electrons. The van der Waals surface area contributed by atoms with E-state index in [4.69, 9.17) is 4.74 Å². The molecule has 1 aromatic heterocycles. The maximum absolute atomic E-state index is 12.4. The number of nitrogens with one attached hydrogen (secondary N) is 2. The molecule has 1 atom stereocenters. The summed E-state index contributed by atoms with van der Waals surface area (Å²) in [5.74, 6) is 0. The van der Waals surface area contributed by atoms with Gasteiger partial charge < -0.3 is 15.0 Å². The van der Waals surface area contributed by atoms with Gasteiger partial charge in [0, 0.05) is 44.7 Å². The average Bonchev–Trinajstić information content (AvgIpc) is 2.85. The van der Waals surface area contributed by atoms with Gasteiger partial charge in [-0.15, -0.1) is 0 Å². The van der Waals surface area contributed by atoms with Gasteiger partial charge in [0.05, 0.1) is 11.5 Å². The third-order valence-corrected chi connectivity index (χ3v) is 5.07. The van der Waals surface area contributed by atoms with Crippen LogP contribution < -0.4 is 5.32 Å². The summed E-state index contributed by atoms with van der Waals surface area (Å²) in [6.07, 6.45) is 1.53. The lowest BCUT2D eigenvalue weighted by atomic mass is 10.3. The molecule has 2 N–H and O–H groups in total. The van der Waals surface area contributed by atoms with Crippen molar-refractivity contribution in [3.8, 4) is 0 Å². The van der Waals surface area contributed by atoms with Crippen LogP contribution in [0.1, 0.15) is 26.5 Å². The summed E-state index contributed by atoms with van der Waals surface area (Å²) >= 11 is 0. The predicted molar refractivity (Wildman–Crippen MR) is 79.1 cm³/mol. The Morgan fingerprint density at radius 1 is 1.40 bits per heavy atom. The molecule has 0 aliphatic heterocycles. The highest BCUT2D eigenvalue weighted by molar-refractivity contribution is 7.89. The van der Waals surface area contributed by atoms with Gasteiger partial charge in [0.2, 0.25) is 10.0 Å². The van der Waals surface area contributed by atoms with Crippen molar-refractivity contribution < 1.29 is 13.2 Å². The first-order chi connectivity index (χ1) is 9.28. The van der Waals surface area contributed by atoms with E-state index in [9.17, 15) is 8.42 Å². The van der Waals surface area contributed by atoms with Crippen LogP contribution in [-0.4, -0.2) is 50.6 Å². The van der Waals surface area contributed by atoms with Gasteiger partial charge in [-0.1, -0.05) is 13.8 Å². The van der Waals surface area contributed by atoms with E-state index >= 15 is 0 Å². The minimum absolute atomic E-state index is 0.211. The summed E-state index contributed by atoms with van der Waals surface area (Å²) in [5, 5.41) is 3.24. The predicted octanol–water partition coefficient (Wildman–Crippen LogP) is 1.17. The lowest BCUT2D eigenvalue weighted by molar-refractivity contribution is 0.149. The second-order valence-electron chi connectivity index (χ2n) is 5.22. The monoisotopic (exact) mass is 303 g/mol. The van der Waals surface area contributed by atoms with Crippen LogP contribution in [0.15, 0.2) is 17.2 Å². The van der Waals surface area contributed by atoms with Gasteiger partial charge in [0.25, 0.3) is 0 Å². The summed E-state index contributed by atoms with van der Waals surface area (Å²) in [6.45, 7) is 6.88. The Morgan fingerprint density at radius 3 is 2.60 bits per heavy atom. The Morgan fingerprint density at radius 2 is 2.05 bits per heavy atom. The van der Waals surface area contributed by atoms with E-state index in [1.807, 2.05) is 20.8 Å². The molecular formula is C13H25N3O3S. The molecule has 0 spiro atoms. The summed E-state index contributed by atoms with van der Waals surface area (Å²) in [7, 11) is -0.358. The largest absolute Gasteiger partial charge is 0.383 e. The highest BCUT2D eigenvalue weighted by atomic mass is 32.2. The van der Waals surface area contributed by atoms with Crippen molar-refractivity contribution in [2.45, 2.75) is 44.3 Å². The topological polar surface area (TPSA) is 74.4 Å². The van der Waals surface area contributed by atoms with Gasteiger partial charge in [0.1, 0.15) is 0 Å². The fourth-order valence-corrected chi connectivity index (χ4v) is 3.10. The molecule has 1 unspecified atom stereocenters. The zero-order chi connectivity index (χ0) is 15.3. The van der Waals surface area contributed by atoms with E-state index in [2.05, 4.69) is 10.3 Å². The van der Waals surface area contributed by atoms with Crippen LogP contribution >= 0.6 is 0 Å². The van der Waals surface area contributed by atoms with E-state index in [1.54, 1.807) is 20.2 Å². The number of nitrogens with zero attached hydrogens (tertiary/aromatic N) is 1. The van der Waals surface area contributed by atoms with Crippen LogP contribution in [0, 0.1) is 0 Å². The number of likely N-dealkylation sites (N-methyl/N-ethyl adjacent to an activating group) is 1. The number of hydrogen-bond acceptors (Lipinski definition) is 4. The smallest absolute Gasteiger partial charge is 0.244 e. The fraction of sp³-hybridized carbons (Fsp3) is 0.692. The third-order valence-electron chi connectivity index (χ3n) is 3.12. The van der Waals surface area contributed by atoms with Crippen LogP contribution in [0.5, 0.6) is 0 Å². The quantitative estimate of drug-likeness (QED) is 0.756. The molecule has 1 aromatic rings. The van der Waals surface area contributed by atoms with Crippen molar-refractivity contribution in [1.29, 1.82) is 0 Å². The summed E-state index contributed by atoms with van der Waals surface area (Å²) in [5.41, 5.74) is 0.852. The SMILES string of the molecule is COCC(C)N(C)S(=O)(=O)c1c[nH]c(CNC(C)C)c1. The number of sulfonamides is 1. The van der Waals surface area contributed by atoms with E-state index < -0.39 is 10.0 Å². The molecule has 0 aliphatic rings. The van der Waals surface area contributed by atoms with Gasteiger partial charge in [0.15, 0.2) is 0 Å². The zero-order valence-corrected chi connectivity index (χ0v) is 13.6. The number of aromatic nitrogens is 1.